The molecule has 2 aliphatic rings. The maximum atomic E-state index is 12.9. The summed E-state index contributed by atoms with van der Waals surface area (Å²) in [5.41, 5.74) is 0. The molecule has 8 heteroatoms. The molecule has 126 valence electrons. The summed E-state index contributed by atoms with van der Waals surface area (Å²) in [4.78, 5) is 12.0. The Morgan fingerprint density at radius 2 is 2.09 bits per heavy atom. The lowest BCUT2D eigenvalue weighted by Gasteiger charge is -2.33. The number of piperazine rings is 1. The van der Waals surface area contributed by atoms with E-state index in [9.17, 15) is 13.2 Å². The van der Waals surface area contributed by atoms with Crippen LogP contribution in [0.25, 0.3) is 0 Å². The normalized spacial score (nSPS) is 24.8. The second-order valence-electron chi connectivity index (χ2n) is 6.09. The largest absolute Gasteiger partial charge is 0.489 e. The van der Waals surface area contributed by atoms with Gasteiger partial charge in [-0.05, 0) is 44.9 Å². The van der Waals surface area contributed by atoms with Crippen LogP contribution in [-0.2, 0) is 14.8 Å². The molecule has 2 fully saturated rings. The number of ether oxygens (including phenoxy) is 1. The van der Waals surface area contributed by atoms with E-state index in [0.717, 1.165) is 0 Å². The van der Waals surface area contributed by atoms with E-state index in [1.807, 2.05) is 13.8 Å². The Hall–Kier alpha value is -1.31. The van der Waals surface area contributed by atoms with Crippen LogP contribution < -0.4 is 10.1 Å². The number of nitrogens with one attached hydrogen (secondary N) is 1. The Morgan fingerprint density at radius 1 is 1.35 bits per heavy atom. The van der Waals surface area contributed by atoms with E-state index in [1.54, 1.807) is 6.07 Å². The number of benzene rings is 1. The van der Waals surface area contributed by atoms with Crippen LogP contribution in [0.3, 0.4) is 0 Å². The lowest BCUT2D eigenvalue weighted by atomic mass is 10.2. The van der Waals surface area contributed by atoms with Crippen molar-refractivity contribution < 1.29 is 17.9 Å². The Morgan fingerprint density at radius 3 is 2.74 bits per heavy atom. The van der Waals surface area contributed by atoms with Gasteiger partial charge in [0.15, 0.2) is 0 Å². The number of carbonyl (C=O) groups excluding carboxylic acids is 1. The third kappa shape index (κ3) is 2.93. The number of rotatable bonds is 4. The average Bonchev–Trinajstić information content (AvgIpc) is 2.83. The van der Waals surface area contributed by atoms with Crippen LogP contribution in [0.2, 0.25) is 5.02 Å². The SMILES string of the molecule is CC(C)Oc1ccc(S(=O)(=O)N2C3CCC2C(=O)NC3)cc1Cl. The van der Waals surface area contributed by atoms with E-state index in [-0.39, 0.29) is 28.0 Å². The zero-order chi connectivity index (χ0) is 16.8. The van der Waals surface area contributed by atoms with Gasteiger partial charge >= 0.3 is 0 Å². The Labute approximate surface area is 140 Å². The summed E-state index contributed by atoms with van der Waals surface area (Å²) in [6.45, 7) is 4.09. The zero-order valence-electron chi connectivity index (χ0n) is 13.0. The minimum absolute atomic E-state index is 0.0587. The van der Waals surface area contributed by atoms with E-state index in [1.165, 1.54) is 16.4 Å². The van der Waals surface area contributed by atoms with Crippen molar-refractivity contribution in [2.75, 3.05) is 6.54 Å². The summed E-state index contributed by atoms with van der Waals surface area (Å²) < 4.78 is 32.7. The molecule has 6 nitrogen and oxygen atoms in total. The van der Waals surface area contributed by atoms with Crippen LogP contribution in [0.15, 0.2) is 23.1 Å². The van der Waals surface area contributed by atoms with Crippen molar-refractivity contribution in [3.8, 4) is 5.75 Å². The Kier molecular flexibility index (Phi) is 4.29. The Balaban J connectivity index is 1.94. The van der Waals surface area contributed by atoms with Crippen LogP contribution >= 0.6 is 11.6 Å². The van der Waals surface area contributed by atoms with Crippen molar-refractivity contribution in [3.05, 3.63) is 23.2 Å². The monoisotopic (exact) mass is 358 g/mol. The van der Waals surface area contributed by atoms with E-state index in [2.05, 4.69) is 5.32 Å². The first-order valence-electron chi connectivity index (χ1n) is 7.58. The highest BCUT2D eigenvalue weighted by Crippen LogP contribution is 2.35. The number of sulfonamides is 1. The molecule has 2 bridgehead atoms. The highest BCUT2D eigenvalue weighted by Gasteiger charge is 2.48. The van der Waals surface area contributed by atoms with Gasteiger partial charge in [-0.3, -0.25) is 4.79 Å². The summed E-state index contributed by atoms with van der Waals surface area (Å²) in [5.74, 6) is 0.216. The second kappa shape index (κ2) is 5.96. The lowest BCUT2D eigenvalue weighted by Crippen LogP contribution is -2.57. The van der Waals surface area contributed by atoms with Crippen molar-refractivity contribution in [3.63, 3.8) is 0 Å². The van der Waals surface area contributed by atoms with Crippen molar-refractivity contribution >= 4 is 27.5 Å². The lowest BCUT2D eigenvalue weighted by molar-refractivity contribution is -0.126. The number of hydrogen-bond acceptors (Lipinski definition) is 4. The summed E-state index contributed by atoms with van der Waals surface area (Å²) in [5, 5.41) is 2.99. The Bertz CT molecular complexity index is 735. The van der Waals surface area contributed by atoms with Crippen LogP contribution in [0.1, 0.15) is 26.7 Å². The maximum absolute atomic E-state index is 12.9. The van der Waals surface area contributed by atoms with Crippen LogP contribution in [0, 0.1) is 0 Å². The molecule has 23 heavy (non-hydrogen) atoms. The number of carbonyl (C=O) groups is 1. The van der Waals surface area contributed by atoms with E-state index >= 15 is 0 Å². The van der Waals surface area contributed by atoms with Crippen LogP contribution in [0.5, 0.6) is 5.75 Å². The minimum atomic E-state index is -3.77. The standard InChI is InChI=1S/C15H19ClN2O4S/c1-9(2)22-14-6-4-11(7-12(14)16)23(20,21)18-10-3-5-13(18)15(19)17-8-10/h4,6-7,9-10,13H,3,5,8H2,1-2H3,(H,17,19). The fourth-order valence-electron chi connectivity index (χ4n) is 3.11. The highest BCUT2D eigenvalue weighted by molar-refractivity contribution is 7.89. The smallest absolute Gasteiger partial charge is 0.244 e. The molecule has 0 aromatic heterocycles. The van der Waals surface area contributed by atoms with Crippen molar-refractivity contribution in [1.29, 1.82) is 0 Å². The van der Waals surface area contributed by atoms with Gasteiger partial charge in [0.1, 0.15) is 11.8 Å². The molecule has 1 N–H and O–H groups in total. The fourth-order valence-corrected chi connectivity index (χ4v) is 5.26. The highest BCUT2D eigenvalue weighted by atomic mass is 35.5. The van der Waals surface area contributed by atoms with Gasteiger partial charge in [-0.2, -0.15) is 4.31 Å². The molecule has 2 unspecified atom stereocenters. The number of amides is 1. The van der Waals surface area contributed by atoms with Gasteiger partial charge in [0, 0.05) is 12.6 Å². The first-order valence-corrected chi connectivity index (χ1v) is 9.40. The molecule has 2 saturated heterocycles. The van der Waals surface area contributed by atoms with E-state index < -0.39 is 16.1 Å². The van der Waals surface area contributed by atoms with Crippen LogP contribution in [0.4, 0.5) is 0 Å². The quantitative estimate of drug-likeness (QED) is 0.890. The molecule has 1 aromatic carbocycles. The third-order valence-corrected chi connectivity index (χ3v) is 6.35. The van der Waals surface area contributed by atoms with Gasteiger partial charge in [0.05, 0.1) is 16.0 Å². The van der Waals surface area contributed by atoms with Gasteiger partial charge in [-0.1, -0.05) is 11.6 Å². The predicted molar refractivity (Wildman–Crippen MR) is 86.1 cm³/mol. The van der Waals surface area contributed by atoms with Crippen molar-refractivity contribution in [1.82, 2.24) is 9.62 Å². The molecule has 3 rings (SSSR count). The number of halogens is 1. The van der Waals surface area contributed by atoms with E-state index in [4.69, 9.17) is 16.3 Å². The maximum Gasteiger partial charge on any atom is 0.244 e. The molecule has 0 spiro atoms. The van der Waals surface area contributed by atoms with Gasteiger partial charge in [0.2, 0.25) is 15.9 Å². The molecule has 1 aromatic rings. The first-order chi connectivity index (χ1) is 10.8. The first kappa shape index (κ1) is 16.5. The molecule has 0 radical (unpaired) electrons. The summed E-state index contributed by atoms with van der Waals surface area (Å²) in [6, 6.07) is 3.62. The predicted octanol–water partition coefficient (Wildman–Crippen LogP) is 1.78. The van der Waals surface area contributed by atoms with Gasteiger partial charge < -0.3 is 10.1 Å². The zero-order valence-corrected chi connectivity index (χ0v) is 14.5. The molecule has 1 amide bonds. The molecule has 0 aliphatic carbocycles. The molecule has 2 atom stereocenters. The van der Waals surface area contributed by atoms with Crippen molar-refractivity contribution in [2.24, 2.45) is 0 Å². The molecular weight excluding hydrogens is 340 g/mol. The number of hydrogen-bond donors (Lipinski definition) is 1. The second-order valence-corrected chi connectivity index (χ2v) is 8.34. The molecule has 2 aliphatic heterocycles. The summed E-state index contributed by atoms with van der Waals surface area (Å²) >= 11 is 6.15. The van der Waals surface area contributed by atoms with Crippen LogP contribution in [-0.4, -0.2) is 43.4 Å². The summed E-state index contributed by atoms with van der Waals surface area (Å²) in [7, 11) is -3.77. The molecule has 2 heterocycles. The van der Waals surface area contributed by atoms with E-state index in [0.29, 0.717) is 25.1 Å². The molecular formula is C15H19ClN2O4S. The number of fused-ring (bicyclic) bond motifs is 2. The molecule has 0 saturated carbocycles. The number of nitrogens with zero attached hydrogens (tertiary/aromatic N) is 1. The van der Waals surface area contributed by atoms with Gasteiger partial charge in [-0.25, -0.2) is 8.42 Å². The topological polar surface area (TPSA) is 75.7 Å². The van der Waals surface area contributed by atoms with Crippen molar-refractivity contribution in [2.45, 2.75) is 49.8 Å². The third-order valence-electron chi connectivity index (χ3n) is 4.10. The fraction of sp³-hybridized carbons (Fsp3) is 0.533. The van der Waals surface area contributed by atoms with Gasteiger partial charge in [0.25, 0.3) is 0 Å². The minimum Gasteiger partial charge on any atom is -0.489 e. The summed E-state index contributed by atoms with van der Waals surface area (Å²) in [6.07, 6.45) is 1.18. The average molecular weight is 359 g/mol. The van der Waals surface area contributed by atoms with Gasteiger partial charge in [-0.15, -0.1) is 0 Å².